The maximum absolute atomic E-state index is 5.86. The molecular weight excluding hydrogens is 268 g/mol. The van der Waals surface area contributed by atoms with Gasteiger partial charge < -0.3 is 14.2 Å². The average Bonchev–Trinajstić information content (AvgIpc) is 2.55. The van der Waals surface area contributed by atoms with Crippen LogP contribution >= 0.6 is 0 Å². The van der Waals surface area contributed by atoms with E-state index in [4.69, 9.17) is 14.2 Å². The summed E-state index contributed by atoms with van der Waals surface area (Å²) in [6, 6.07) is 5.97. The Morgan fingerprint density at radius 1 is 1.19 bits per heavy atom. The van der Waals surface area contributed by atoms with Gasteiger partial charge in [-0.25, -0.2) is 4.98 Å². The molecule has 0 bridgehead atoms. The van der Waals surface area contributed by atoms with Crippen molar-refractivity contribution in [3.05, 3.63) is 41.9 Å². The number of ether oxygens (including phenoxy) is 3. The lowest BCUT2D eigenvalue weighted by Gasteiger charge is -2.25. The molecule has 0 aliphatic carbocycles. The molecule has 0 saturated carbocycles. The van der Waals surface area contributed by atoms with Crippen molar-refractivity contribution in [2.75, 3.05) is 20.8 Å². The Bertz CT molecular complexity index is 631. The van der Waals surface area contributed by atoms with Crippen LogP contribution in [0.4, 0.5) is 0 Å². The first-order valence-electron chi connectivity index (χ1n) is 6.93. The van der Waals surface area contributed by atoms with Crippen molar-refractivity contribution in [1.29, 1.82) is 0 Å². The number of hydrogen-bond acceptors (Lipinski definition) is 5. The highest BCUT2D eigenvalue weighted by atomic mass is 16.5. The maximum atomic E-state index is 5.86. The van der Waals surface area contributed by atoms with Crippen LogP contribution < -0.4 is 14.2 Å². The third kappa shape index (κ3) is 2.91. The van der Waals surface area contributed by atoms with E-state index in [2.05, 4.69) is 16.0 Å². The van der Waals surface area contributed by atoms with Crippen LogP contribution in [0.2, 0.25) is 0 Å². The Morgan fingerprint density at radius 2 is 2.05 bits per heavy atom. The van der Waals surface area contributed by atoms with E-state index in [0.717, 1.165) is 30.0 Å². The second-order valence-electron chi connectivity index (χ2n) is 5.07. The number of methoxy groups -OCH3 is 2. The van der Waals surface area contributed by atoms with E-state index in [-0.39, 0.29) is 0 Å². The molecule has 0 unspecified atom stereocenters. The van der Waals surface area contributed by atoms with Crippen LogP contribution in [-0.2, 0) is 12.8 Å². The van der Waals surface area contributed by atoms with E-state index in [0.29, 0.717) is 18.4 Å². The summed E-state index contributed by atoms with van der Waals surface area (Å²) in [6.07, 6.45) is 5.09. The van der Waals surface area contributed by atoms with Crippen molar-refractivity contribution in [2.24, 2.45) is 5.92 Å². The fourth-order valence-corrected chi connectivity index (χ4v) is 2.61. The molecule has 0 radical (unpaired) electrons. The molecule has 1 aliphatic rings. The van der Waals surface area contributed by atoms with Gasteiger partial charge in [-0.2, -0.15) is 0 Å². The predicted molar refractivity (Wildman–Crippen MR) is 78.0 cm³/mol. The van der Waals surface area contributed by atoms with Crippen LogP contribution in [0.3, 0.4) is 0 Å². The zero-order chi connectivity index (χ0) is 14.7. The highest BCUT2D eigenvalue weighted by Crippen LogP contribution is 2.32. The van der Waals surface area contributed by atoms with E-state index in [1.807, 2.05) is 12.1 Å². The number of benzene rings is 1. The number of nitrogens with zero attached hydrogens (tertiary/aromatic N) is 2. The van der Waals surface area contributed by atoms with Gasteiger partial charge in [-0.05, 0) is 18.1 Å². The van der Waals surface area contributed by atoms with E-state index in [1.54, 1.807) is 26.6 Å². The molecule has 2 heterocycles. The number of fused-ring (bicyclic) bond motifs is 1. The van der Waals surface area contributed by atoms with Gasteiger partial charge in [0.05, 0.1) is 20.8 Å². The predicted octanol–water partition coefficient (Wildman–Crippen LogP) is 2.29. The quantitative estimate of drug-likeness (QED) is 0.863. The van der Waals surface area contributed by atoms with Crippen LogP contribution in [-0.4, -0.2) is 30.8 Å². The molecular formula is C16H18N2O3. The molecule has 0 amide bonds. The van der Waals surface area contributed by atoms with Crippen molar-refractivity contribution < 1.29 is 14.2 Å². The zero-order valence-electron chi connectivity index (χ0n) is 12.2. The Hall–Kier alpha value is -2.30. The Labute approximate surface area is 123 Å². The SMILES string of the molecule is COc1ccc2c(c1)OC[C@@H](Cc1nccnc1OC)C2. The molecule has 1 aromatic heterocycles. The average molecular weight is 286 g/mol. The van der Waals surface area contributed by atoms with E-state index >= 15 is 0 Å². The molecule has 110 valence electrons. The second-order valence-corrected chi connectivity index (χ2v) is 5.07. The second kappa shape index (κ2) is 5.99. The molecule has 5 heteroatoms. The van der Waals surface area contributed by atoms with Crippen LogP contribution in [0.5, 0.6) is 17.4 Å². The number of rotatable bonds is 4. The first-order valence-corrected chi connectivity index (χ1v) is 6.93. The minimum absolute atomic E-state index is 0.372. The minimum Gasteiger partial charge on any atom is -0.497 e. The largest absolute Gasteiger partial charge is 0.497 e. The van der Waals surface area contributed by atoms with E-state index in [1.165, 1.54) is 5.56 Å². The van der Waals surface area contributed by atoms with E-state index in [9.17, 15) is 0 Å². The fourth-order valence-electron chi connectivity index (χ4n) is 2.61. The summed E-state index contributed by atoms with van der Waals surface area (Å²) in [5.41, 5.74) is 2.08. The Morgan fingerprint density at radius 3 is 2.86 bits per heavy atom. The molecule has 0 saturated heterocycles. The van der Waals surface area contributed by atoms with Gasteiger partial charge in [0.25, 0.3) is 0 Å². The Kier molecular flexibility index (Phi) is 3.90. The third-order valence-corrected chi connectivity index (χ3v) is 3.67. The van der Waals surface area contributed by atoms with Crippen molar-refractivity contribution in [3.8, 4) is 17.4 Å². The number of aromatic nitrogens is 2. The van der Waals surface area contributed by atoms with Gasteiger partial charge in [-0.3, -0.25) is 4.98 Å². The standard InChI is InChI=1S/C16H18N2O3/c1-19-13-4-3-12-7-11(10-21-15(12)9-13)8-14-16(20-2)18-6-5-17-14/h3-6,9,11H,7-8,10H2,1-2H3/t11-/m1/s1. The van der Waals surface area contributed by atoms with Gasteiger partial charge in [-0.15, -0.1) is 0 Å². The fraction of sp³-hybridized carbons (Fsp3) is 0.375. The van der Waals surface area contributed by atoms with Gasteiger partial charge in [0.1, 0.15) is 17.2 Å². The third-order valence-electron chi connectivity index (χ3n) is 3.67. The van der Waals surface area contributed by atoms with E-state index < -0.39 is 0 Å². The van der Waals surface area contributed by atoms with Gasteiger partial charge in [0.15, 0.2) is 0 Å². The molecule has 21 heavy (non-hydrogen) atoms. The lowest BCUT2D eigenvalue weighted by atomic mass is 9.92. The summed E-state index contributed by atoms with van der Waals surface area (Å²) in [5.74, 6) is 2.70. The van der Waals surface area contributed by atoms with Gasteiger partial charge in [0, 0.05) is 30.8 Å². The summed E-state index contributed by atoms with van der Waals surface area (Å²) in [4.78, 5) is 8.55. The van der Waals surface area contributed by atoms with Gasteiger partial charge in [-0.1, -0.05) is 6.07 Å². The van der Waals surface area contributed by atoms with Crippen LogP contribution in [0.25, 0.3) is 0 Å². The highest BCUT2D eigenvalue weighted by Gasteiger charge is 2.22. The summed E-state index contributed by atoms with van der Waals surface area (Å²) in [7, 11) is 3.28. The smallest absolute Gasteiger partial charge is 0.235 e. The molecule has 5 nitrogen and oxygen atoms in total. The topological polar surface area (TPSA) is 53.5 Å². The molecule has 1 aliphatic heterocycles. The van der Waals surface area contributed by atoms with Gasteiger partial charge >= 0.3 is 0 Å². The Balaban J connectivity index is 1.74. The highest BCUT2D eigenvalue weighted by molar-refractivity contribution is 5.42. The monoisotopic (exact) mass is 286 g/mol. The lowest BCUT2D eigenvalue weighted by molar-refractivity contribution is 0.218. The molecule has 1 aromatic carbocycles. The minimum atomic E-state index is 0.372. The first kappa shape index (κ1) is 13.7. The molecule has 1 atom stereocenters. The zero-order valence-corrected chi connectivity index (χ0v) is 12.2. The van der Waals surface area contributed by atoms with Crippen molar-refractivity contribution in [1.82, 2.24) is 9.97 Å². The number of hydrogen-bond donors (Lipinski definition) is 0. The molecule has 0 N–H and O–H groups in total. The lowest BCUT2D eigenvalue weighted by Crippen LogP contribution is -2.23. The summed E-state index contributed by atoms with van der Waals surface area (Å²) in [5, 5.41) is 0. The van der Waals surface area contributed by atoms with Gasteiger partial charge in [0.2, 0.25) is 5.88 Å². The van der Waals surface area contributed by atoms with Crippen LogP contribution in [0.1, 0.15) is 11.3 Å². The normalized spacial score (nSPS) is 16.8. The molecule has 0 fully saturated rings. The van der Waals surface area contributed by atoms with Crippen molar-refractivity contribution in [2.45, 2.75) is 12.8 Å². The van der Waals surface area contributed by atoms with Crippen LogP contribution in [0, 0.1) is 5.92 Å². The molecule has 3 rings (SSSR count). The maximum Gasteiger partial charge on any atom is 0.235 e. The van der Waals surface area contributed by atoms with Crippen LogP contribution in [0.15, 0.2) is 30.6 Å². The molecule has 2 aromatic rings. The molecule has 0 spiro atoms. The van der Waals surface area contributed by atoms with Crippen molar-refractivity contribution in [3.63, 3.8) is 0 Å². The summed E-state index contributed by atoms with van der Waals surface area (Å²) < 4.78 is 16.3. The summed E-state index contributed by atoms with van der Waals surface area (Å²) in [6.45, 7) is 0.667. The first-order chi connectivity index (χ1) is 10.3. The summed E-state index contributed by atoms with van der Waals surface area (Å²) >= 11 is 0. The van der Waals surface area contributed by atoms with Crippen molar-refractivity contribution >= 4 is 0 Å².